The summed E-state index contributed by atoms with van der Waals surface area (Å²) in [4.78, 5) is 0. The third-order valence-electron chi connectivity index (χ3n) is 2.70. The first-order chi connectivity index (χ1) is 8.27. The summed E-state index contributed by atoms with van der Waals surface area (Å²) in [5, 5.41) is 6.00. The van der Waals surface area contributed by atoms with Gasteiger partial charge in [0.25, 0.3) is 0 Å². The van der Waals surface area contributed by atoms with Gasteiger partial charge in [0.2, 0.25) is 0 Å². The van der Waals surface area contributed by atoms with Crippen LogP contribution in [0, 0.1) is 0 Å². The summed E-state index contributed by atoms with van der Waals surface area (Å²) < 4.78 is 1.77. The minimum Gasteiger partial charge on any atom is -0.397 e. The molecule has 2 N–H and O–H groups in total. The molecule has 0 amide bonds. The van der Waals surface area contributed by atoms with Gasteiger partial charge in [-0.25, -0.2) is 4.68 Å². The Morgan fingerprint density at radius 1 is 1.06 bits per heavy atom. The van der Waals surface area contributed by atoms with Crippen LogP contribution in [0.2, 0.25) is 5.02 Å². The lowest BCUT2D eigenvalue weighted by Gasteiger charge is -2.07. The van der Waals surface area contributed by atoms with E-state index < -0.39 is 0 Å². The SMILES string of the molecule is Nc1cccc2cnn(-c3ccccc3Cl)c12. The molecule has 0 unspecified atom stereocenters. The van der Waals surface area contributed by atoms with Crippen molar-refractivity contribution in [1.82, 2.24) is 9.78 Å². The number of benzene rings is 2. The molecule has 0 aliphatic rings. The van der Waals surface area contributed by atoms with Crippen molar-refractivity contribution in [2.24, 2.45) is 0 Å². The Morgan fingerprint density at radius 2 is 1.88 bits per heavy atom. The van der Waals surface area contributed by atoms with E-state index >= 15 is 0 Å². The van der Waals surface area contributed by atoms with Crippen molar-refractivity contribution >= 4 is 28.2 Å². The van der Waals surface area contributed by atoms with Crippen molar-refractivity contribution < 1.29 is 0 Å². The van der Waals surface area contributed by atoms with Crippen LogP contribution >= 0.6 is 11.6 Å². The van der Waals surface area contributed by atoms with Crippen LogP contribution in [0.25, 0.3) is 16.6 Å². The highest BCUT2D eigenvalue weighted by Gasteiger charge is 2.09. The number of nitrogens with two attached hydrogens (primary N) is 1. The summed E-state index contributed by atoms with van der Waals surface area (Å²) in [5.41, 5.74) is 8.40. The van der Waals surface area contributed by atoms with Gasteiger partial charge in [-0.05, 0) is 18.2 Å². The van der Waals surface area contributed by atoms with E-state index in [0.717, 1.165) is 16.6 Å². The van der Waals surface area contributed by atoms with E-state index in [0.29, 0.717) is 10.7 Å². The lowest BCUT2D eigenvalue weighted by Crippen LogP contribution is -1.99. The summed E-state index contributed by atoms with van der Waals surface area (Å²) >= 11 is 6.17. The minimum atomic E-state index is 0.653. The molecule has 4 heteroatoms. The molecule has 0 aliphatic carbocycles. The van der Waals surface area contributed by atoms with E-state index in [1.165, 1.54) is 0 Å². The van der Waals surface area contributed by atoms with Gasteiger partial charge in [-0.15, -0.1) is 0 Å². The standard InChI is InChI=1S/C13H10ClN3/c14-10-5-1-2-7-12(10)17-13-9(8-16-17)4-3-6-11(13)15/h1-8H,15H2. The Kier molecular flexibility index (Phi) is 2.27. The highest BCUT2D eigenvalue weighted by Crippen LogP contribution is 2.27. The van der Waals surface area contributed by atoms with Crippen LogP contribution in [0.3, 0.4) is 0 Å². The number of halogens is 1. The number of hydrogen-bond donors (Lipinski definition) is 1. The molecule has 0 atom stereocenters. The van der Waals surface area contributed by atoms with Crippen molar-refractivity contribution in [3.8, 4) is 5.69 Å². The Morgan fingerprint density at radius 3 is 2.71 bits per heavy atom. The number of hydrogen-bond acceptors (Lipinski definition) is 2. The molecule has 3 aromatic rings. The second kappa shape index (κ2) is 3.79. The first-order valence-corrected chi connectivity index (χ1v) is 5.62. The van der Waals surface area contributed by atoms with Crippen LogP contribution in [-0.2, 0) is 0 Å². The first kappa shape index (κ1) is 10.2. The lowest BCUT2D eigenvalue weighted by molar-refractivity contribution is 0.912. The Labute approximate surface area is 103 Å². The smallest absolute Gasteiger partial charge is 0.0970 e. The van der Waals surface area contributed by atoms with Crippen molar-refractivity contribution in [3.63, 3.8) is 0 Å². The molecule has 0 saturated heterocycles. The zero-order chi connectivity index (χ0) is 11.8. The molecule has 17 heavy (non-hydrogen) atoms. The summed E-state index contributed by atoms with van der Waals surface area (Å²) in [5.74, 6) is 0. The average Bonchev–Trinajstić information content (AvgIpc) is 2.75. The fourth-order valence-corrected chi connectivity index (χ4v) is 2.13. The minimum absolute atomic E-state index is 0.653. The van der Waals surface area contributed by atoms with Gasteiger partial charge in [0.1, 0.15) is 0 Å². The van der Waals surface area contributed by atoms with Gasteiger partial charge in [0.15, 0.2) is 0 Å². The Hall–Kier alpha value is -2.00. The van der Waals surface area contributed by atoms with Gasteiger partial charge in [0.05, 0.1) is 28.1 Å². The number of para-hydroxylation sites is 2. The molecule has 3 rings (SSSR count). The Balaban J connectivity index is 2.36. The predicted molar refractivity (Wildman–Crippen MR) is 70.5 cm³/mol. The van der Waals surface area contributed by atoms with Crippen LogP contribution in [0.4, 0.5) is 5.69 Å². The molecule has 0 fully saturated rings. The first-order valence-electron chi connectivity index (χ1n) is 5.24. The maximum Gasteiger partial charge on any atom is 0.0970 e. The molecule has 1 aromatic heterocycles. The van der Waals surface area contributed by atoms with Crippen LogP contribution in [0.15, 0.2) is 48.7 Å². The van der Waals surface area contributed by atoms with Crippen LogP contribution in [0.5, 0.6) is 0 Å². The maximum absolute atomic E-state index is 6.17. The summed E-state index contributed by atoms with van der Waals surface area (Å²) in [6, 6.07) is 13.3. The molecule has 2 aromatic carbocycles. The van der Waals surface area contributed by atoms with Gasteiger partial charge >= 0.3 is 0 Å². The molecule has 0 bridgehead atoms. The van der Waals surface area contributed by atoms with Crippen LogP contribution in [-0.4, -0.2) is 9.78 Å². The topological polar surface area (TPSA) is 43.8 Å². The zero-order valence-corrected chi connectivity index (χ0v) is 9.72. The number of nitrogens with zero attached hydrogens (tertiary/aromatic N) is 2. The number of anilines is 1. The van der Waals surface area contributed by atoms with E-state index in [4.69, 9.17) is 17.3 Å². The summed E-state index contributed by atoms with van der Waals surface area (Å²) in [6.07, 6.45) is 1.79. The molecule has 0 saturated carbocycles. The van der Waals surface area contributed by atoms with Crippen molar-refractivity contribution in [3.05, 3.63) is 53.7 Å². The van der Waals surface area contributed by atoms with Crippen LogP contribution < -0.4 is 5.73 Å². The fourth-order valence-electron chi connectivity index (χ4n) is 1.91. The lowest BCUT2D eigenvalue weighted by atomic mass is 10.2. The molecular formula is C13H10ClN3. The summed E-state index contributed by atoms with van der Waals surface area (Å²) in [7, 11) is 0. The van der Waals surface area contributed by atoms with E-state index in [9.17, 15) is 0 Å². The van der Waals surface area contributed by atoms with Crippen LogP contribution in [0.1, 0.15) is 0 Å². The monoisotopic (exact) mass is 243 g/mol. The van der Waals surface area contributed by atoms with E-state index in [1.807, 2.05) is 42.5 Å². The molecule has 0 radical (unpaired) electrons. The van der Waals surface area contributed by atoms with E-state index in [1.54, 1.807) is 10.9 Å². The van der Waals surface area contributed by atoms with Crippen molar-refractivity contribution in [2.45, 2.75) is 0 Å². The van der Waals surface area contributed by atoms with E-state index in [2.05, 4.69) is 5.10 Å². The van der Waals surface area contributed by atoms with Gasteiger partial charge in [-0.2, -0.15) is 5.10 Å². The average molecular weight is 244 g/mol. The van der Waals surface area contributed by atoms with Gasteiger partial charge in [-0.3, -0.25) is 0 Å². The second-order valence-corrected chi connectivity index (χ2v) is 4.20. The molecular weight excluding hydrogens is 234 g/mol. The molecule has 0 aliphatic heterocycles. The highest BCUT2D eigenvalue weighted by atomic mass is 35.5. The largest absolute Gasteiger partial charge is 0.397 e. The third kappa shape index (κ3) is 1.56. The maximum atomic E-state index is 6.17. The zero-order valence-electron chi connectivity index (χ0n) is 8.97. The number of aromatic nitrogens is 2. The normalized spacial score (nSPS) is 10.9. The van der Waals surface area contributed by atoms with Crippen molar-refractivity contribution in [2.75, 3.05) is 5.73 Å². The van der Waals surface area contributed by atoms with Gasteiger partial charge in [-0.1, -0.05) is 35.9 Å². The second-order valence-electron chi connectivity index (χ2n) is 3.79. The number of nitrogen functional groups attached to an aromatic ring is 1. The number of fused-ring (bicyclic) bond motifs is 1. The third-order valence-corrected chi connectivity index (χ3v) is 3.02. The Bertz CT molecular complexity index is 688. The summed E-state index contributed by atoms with van der Waals surface area (Å²) in [6.45, 7) is 0. The quantitative estimate of drug-likeness (QED) is 0.667. The number of rotatable bonds is 1. The highest BCUT2D eigenvalue weighted by molar-refractivity contribution is 6.32. The molecule has 1 heterocycles. The van der Waals surface area contributed by atoms with Gasteiger partial charge < -0.3 is 5.73 Å². The molecule has 0 spiro atoms. The fraction of sp³-hybridized carbons (Fsp3) is 0. The predicted octanol–water partition coefficient (Wildman–Crippen LogP) is 3.26. The molecule has 3 nitrogen and oxygen atoms in total. The van der Waals surface area contributed by atoms with E-state index in [-0.39, 0.29) is 0 Å². The van der Waals surface area contributed by atoms with Gasteiger partial charge in [0, 0.05) is 5.39 Å². The van der Waals surface area contributed by atoms with Crippen molar-refractivity contribution in [1.29, 1.82) is 0 Å². The molecule has 84 valence electrons.